The summed E-state index contributed by atoms with van der Waals surface area (Å²) in [4.78, 5) is 15.6. The van der Waals surface area contributed by atoms with Crippen LogP contribution in [0.1, 0.15) is 43.7 Å². The number of carboxylic acid groups (broad SMARTS) is 1. The number of nitrogens with zero attached hydrogens (tertiary/aromatic N) is 2. The number of benzene rings is 3. The molecule has 0 unspecified atom stereocenters. The molecule has 5 rings (SSSR count). The molecule has 7 heteroatoms. The largest absolute Gasteiger partial charge is 0.496 e. The fourth-order valence-electron chi connectivity index (χ4n) is 6.06. The molecule has 206 valence electrons. The predicted molar refractivity (Wildman–Crippen MR) is 152 cm³/mol. The van der Waals surface area contributed by atoms with Gasteiger partial charge >= 0.3 is 5.97 Å². The van der Waals surface area contributed by atoms with Gasteiger partial charge in [-0.15, -0.1) is 0 Å². The van der Waals surface area contributed by atoms with E-state index in [1.165, 1.54) is 6.07 Å². The Morgan fingerprint density at radius 3 is 2.41 bits per heavy atom. The third kappa shape index (κ3) is 6.29. The smallest absolute Gasteiger partial charge is 0.305 e. The Morgan fingerprint density at radius 1 is 1.03 bits per heavy atom. The Morgan fingerprint density at radius 2 is 1.74 bits per heavy atom. The van der Waals surface area contributed by atoms with E-state index >= 15 is 4.39 Å². The molecular formula is C32H37FN2O4. The predicted octanol–water partition coefficient (Wildman–Crippen LogP) is 6.16. The summed E-state index contributed by atoms with van der Waals surface area (Å²) < 4.78 is 27.2. The second-order valence-electron chi connectivity index (χ2n) is 10.8. The van der Waals surface area contributed by atoms with E-state index in [1.807, 2.05) is 42.5 Å². The minimum atomic E-state index is -0.758. The van der Waals surface area contributed by atoms with Crippen molar-refractivity contribution in [3.05, 3.63) is 83.7 Å². The van der Waals surface area contributed by atoms with Gasteiger partial charge in [-0.3, -0.25) is 4.79 Å². The number of hydrogen-bond acceptors (Lipinski definition) is 5. The van der Waals surface area contributed by atoms with Crippen molar-refractivity contribution >= 4 is 17.3 Å². The second kappa shape index (κ2) is 12.0. The van der Waals surface area contributed by atoms with Gasteiger partial charge in [-0.2, -0.15) is 0 Å². The number of rotatable bonds is 9. The number of aliphatic carboxylic acids is 1. The number of anilines is 2. The lowest BCUT2D eigenvalue weighted by molar-refractivity contribution is -0.137. The van der Waals surface area contributed by atoms with Gasteiger partial charge in [-0.05, 0) is 54.3 Å². The highest BCUT2D eigenvalue weighted by atomic mass is 19.1. The molecule has 2 atom stereocenters. The number of carbonyl (C=O) groups is 1. The van der Waals surface area contributed by atoms with E-state index in [0.29, 0.717) is 36.9 Å². The first-order chi connectivity index (χ1) is 18.9. The minimum Gasteiger partial charge on any atom is -0.496 e. The third-order valence-electron chi connectivity index (χ3n) is 7.90. The number of carboxylic acids is 1. The zero-order valence-corrected chi connectivity index (χ0v) is 22.7. The first-order valence-electron chi connectivity index (χ1n) is 13.8. The summed E-state index contributed by atoms with van der Waals surface area (Å²) in [6.07, 6.45) is 3.26. The van der Waals surface area contributed by atoms with Crippen LogP contribution in [0, 0.1) is 11.7 Å². The molecule has 1 N–H and O–H groups in total. The maximum absolute atomic E-state index is 15.2. The van der Waals surface area contributed by atoms with Gasteiger partial charge in [0.2, 0.25) is 0 Å². The zero-order chi connectivity index (χ0) is 27.4. The number of ether oxygens (including phenoxy) is 2. The monoisotopic (exact) mass is 532 g/mol. The highest BCUT2D eigenvalue weighted by Crippen LogP contribution is 2.36. The number of methoxy groups -OCH3 is 1. The first-order valence-corrected chi connectivity index (χ1v) is 13.8. The van der Waals surface area contributed by atoms with E-state index in [9.17, 15) is 9.90 Å². The molecule has 0 radical (unpaired) electrons. The summed E-state index contributed by atoms with van der Waals surface area (Å²) in [7, 11) is 1.63. The van der Waals surface area contributed by atoms with Crippen molar-refractivity contribution in [3.8, 4) is 11.5 Å². The molecule has 0 spiro atoms. The van der Waals surface area contributed by atoms with Crippen molar-refractivity contribution in [1.82, 2.24) is 0 Å². The van der Waals surface area contributed by atoms with Crippen molar-refractivity contribution in [1.29, 1.82) is 0 Å². The molecule has 0 aliphatic carbocycles. The average Bonchev–Trinajstić information content (AvgIpc) is 3.29. The molecule has 39 heavy (non-hydrogen) atoms. The van der Waals surface area contributed by atoms with E-state index in [1.54, 1.807) is 13.2 Å². The van der Waals surface area contributed by atoms with Crippen molar-refractivity contribution < 1.29 is 23.8 Å². The molecule has 2 fully saturated rings. The standard InChI is InChI=1S/C32H37FN2O4/c1-22-18-25(20-31(36)37)35(21-22)24-8-10-26(11-9-24)39-27-14-16-34(17-15-27)32-28(19-23-6-4-3-5-7-23)30(38-2)13-12-29(32)33/h3-13,22,25,27H,14-21H2,1-2H3,(H,36,37)/t22-,25-/m1/s1. The Hall–Kier alpha value is -3.74. The second-order valence-corrected chi connectivity index (χ2v) is 10.8. The fourth-order valence-corrected chi connectivity index (χ4v) is 6.06. The normalized spacial score (nSPS) is 19.8. The van der Waals surface area contributed by atoms with Crippen molar-refractivity contribution in [3.63, 3.8) is 0 Å². The van der Waals surface area contributed by atoms with Gasteiger partial charge in [0.1, 0.15) is 23.4 Å². The molecule has 0 amide bonds. The average molecular weight is 533 g/mol. The number of hydrogen-bond donors (Lipinski definition) is 1. The van der Waals surface area contributed by atoms with Gasteiger partial charge in [-0.25, -0.2) is 4.39 Å². The lowest BCUT2D eigenvalue weighted by Gasteiger charge is -2.35. The van der Waals surface area contributed by atoms with Crippen LogP contribution >= 0.6 is 0 Å². The van der Waals surface area contributed by atoms with Crippen LogP contribution in [-0.4, -0.2) is 50.0 Å². The van der Waals surface area contributed by atoms with Crippen molar-refractivity contribution in [2.45, 2.75) is 51.2 Å². The SMILES string of the molecule is COc1ccc(F)c(N2CCC(Oc3ccc(N4C[C@H](C)C[C@@H]4CC(=O)O)cc3)CC2)c1Cc1ccccc1. The lowest BCUT2D eigenvalue weighted by Crippen LogP contribution is -2.39. The van der Waals surface area contributed by atoms with Crippen LogP contribution < -0.4 is 19.3 Å². The minimum absolute atomic E-state index is 0.0254. The van der Waals surface area contributed by atoms with Crippen LogP contribution in [0.15, 0.2) is 66.7 Å². The summed E-state index contributed by atoms with van der Waals surface area (Å²) in [6.45, 7) is 4.42. The van der Waals surface area contributed by atoms with Crippen LogP contribution in [0.3, 0.4) is 0 Å². The maximum Gasteiger partial charge on any atom is 0.305 e. The first kappa shape index (κ1) is 26.9. The van der Waals surface area contributed by atoms with E-state index in [4.69, 9.17) is 9.47 Å². The summed E-state index contributed by atoms with van der Waals surface area (Å²) in [6, 6.07) is 21.3. The zero-order valence-electron chi connectivity index (χ0n) is 22.7. The molecular weight excluding hydrogens is 495 g/mol. The highest BCUT2D eigenvalue weighted by molar-refractivity contribution is 5.69. The van der Waals surface area contributed by atoms with Gasteiger partial charge in [0.15, 0.2) is 0 Å². The van der Waals surface area contributed by atoms with Gasteiger partial charge in [-0.1, -0.05) is 37.3 Å². The van der Waals surface area contributed by atoms with Crippen LogP contribution in [0.2, 0.25) is 0 Å². The summed E-state index contributed by atoms with van der Waals surface area (Å²) in [5, 5.41) is 9.29. The molecule has 6 nitrogen and oxygen atoms in total. The number of piperidine rings is 1. The van der Waals surface area contributed by atoms with Gasteiger partial charge in [0.05, 0.1) is 19.2 Å². The molecule has 0 saturated carbocycles. The Labute approximate surface area is 230 Å². The van der Waals surface area contributed by atoms with Crippen LogP contribution in [0.4, 0.5) is 15.8 Å². The van der Waals surface area contributed by atoms with Crippen LogP contribution in [0.25, 0.3) is 0 Å². The fraction of sp³-hybridized carbons (Fsp3) is 0.406. The molecule has 0 aromatic heterocycles. The molecule has 3 aromatic carbocycles. The van der Waals surface area contributed by atoms with Crippen molar-refractivity contribution in [2.24, 2.45) is 5.92 Å². The molecule has 2 aliphatic rings. The molecule has 2 saturated heterocycles. The Kier molecular flexibility index (Phi) is 8.24. The summed E-state index contributed by atoms with van der Waals surface area (Å²) >= 11 is 0. The maximum atomic E-state index is 15.2. The summed E-state index contributed by atoms with van der Waals surface area (Å²) in [5.41, 5.74) is 3.64. The quantitative estimate of drug-likeness (QED) is 0.356. The molecule has 2 aliphatic heterocycles. The van der Waals surface area contributed by atoms with Gasteiger partial charge in [0.25, 0.3) is 0 Å². The Bertz CT molecular complexity index is 1260. The highest BCUT2D eigenvalue weighted by Gasteiger charge is 2.31. The van der Waals surface area contributed by atoms with Gasteiger partial charge < -0.3 is 24.4 Å². The van der Waals surface area contributed by atoms with Gasteiger partial charge in [0, 0.05) is 56.2 Å². The van der Waals surface area contributed by atoms with Crippen LogP contribution in [0.5, 0.6) is 11.5 Å². The van der Waals surface area contributed by atoms with E-state index in [-0.39, 0.29) is 24.4 Å². The topological polar surface area (TPSA) is 62.2 Å². The molecule has 0 bridgehead atoms. The van der Waals surface area contributed by atoms with E-state index < -0.39 is 5.97 Å². The Balaban J connectivity index is 1.23. The van der Waals surface area contributed by atoms with Crippen LogP contribution in [-0.2, 0) is 11.2 Å². The number of halogens is 1. The summed E-state index contributed by atoms with van der Waals surface area (Å²) in [5.74, 6) is 0.988. The molecule has 2 heterocycles. The van der Waals surface area contributed by atoms with Crippen molar-refractivity contribution in [2.75, 3.05) is 36.5 Å². The third-order valence-corrected chi connectivity index (χ3v) is 7.90. The molecule has 3 aromatic rings. The lowest BCUT2D eigenvalue weighted by atomic mass is 9.99. The van der Waals surface area contributed by atoms with E-state index in [0.717, 1.165) is 48.4 Å². The van der Waals surface area contributed by atoms with E-state index in [2.05, 4.69) is 28.9 Å².